The predicted molar refractivity (Wildman–Crippen MR) is 51.8 cm³/mol. The largest absolute Gasteiger partial charge is 0.479 e. The van der Waals surface area contributed by atoms with Gasteiger partial charge in [-0.05, 0) is 12.5 Å². The molecule has 0 amide bonds. The Bertz CT molecular complexity index is 321. The van der Waals surface area contributed by atoms with Gasteiger partial charge in [-0.15, -0.1) is 0 Å². The minimum atomic E-state index is -1.56. The molecule has 2 atom stereocenters. The molecule has 0 aromatic heterocycles. The van der Waals surface area contributed by atoms with E-state index in [4.69, 9.17) is 10.8 Å². The van der Waals surface area contributed by atoms with E-state index in [1.807, 2.05) is 19.1 Å². The number of hydrogen-bond acceptors (Lipinski definition) is 3. The van der Waals surface area contributed by atoms with Gasteiger partial charge in [-0.3, -0.25) is 0 Å². The Morgan fingerprint density at radius 1 is 1.36 bits per heavy atom. The monoisotopic (exact) mass is 195 g/mol. The summed E-state index contributed by atoms with van der Waals surface area (Å²) in [5, 5.41) is 17.7. The number of aliphatic hydroxyl groups is 1. The van der Waals surface area contributed by atoms with Gasteiger partial charge in [0.25, 0.3) is 0 Å². The lowest BCUT2D eigenvalue weighted by molar-refractivity contribution is -0.147. The van der Waals surface area contributed by atoms with E-state index in [2.05, 4.69) is 0 Å². The lowest BCUT2D eigenvalue weighted by atomic mass is 10.0. The number of carboxylic acids is 1. The quantitative estimate of drug-likeness (QED) is 0.653. The molecular weight excluding hydrogens is 182 g/mol. The second-order valence-electron chi connectivity index (χ2n) is 3.22. The van der Waals surface area contributed by atoms with Crippen LogP contribution in [0.5, 0.6) is 0 Å². The molecule has 0 radical (unpaired) electrons. The summed E-state index contributed by atoms with van der Waals surface area (Å²) < 4.78 is 0. The number of benzene rings is 1. The lowest BCUT2D eigenvalue weighted by Gasteiger charge is -2.15. The Hall–Kier alpha value is -1.39. The van der Waals surface area contributed by atoms with Crippen LogP contribution in [0.25, 0.3) is 0 Å². The van der Waals surface area contributed by atoms with Crippen molar-refractivity contribution in [3.63, 3.8) is 0 Å². The molecule has 0 spiro atoms. The molecule has 0 fully saturated rings. The van der Waals surface area contributed by atoms with Crippen LogP contribution in [0.3, 0.4) is 0 Å². The summed E-state index contributed by atoms with van der Waals surface area (Å²) in [7, 11) is 0. The molecule has 1 aromatic rings. The fourth-order valence-corrected chi connectivity index (χ4v) is 1.12. The Morgan fingerprint density at radius 3 is 2.29 bits per heavy atom. The third kappa shape index (κ3) is 2.31. The van der Waals surface area contributed by atoms with Crippen molar-refractivity contribution in [1.82, 2.24) is 0 Å². The van der Waals surface area contributed by atoms with Crippen molar-refractivity contribution in [2.45, 2.75) is 19.1 Å². The molecule has 0 saturated carbocycles. The van der Waals surface area contributed by atoms with Gasteiger partial charge in [-0.1, -0.05) is 29.8 Å². The average molecular weight is 195 g/mol. The van der Waals surface area contributed by atoms with Crippen molar-refractivity contribution in [2.75, 3.05) is 0 Å². The van der Waals surface area contributed by atoms with E-state index in [9.17, 15) is 9.90 Å². The van der Waals surface area contributed by atoms with Crippen LogP contribution in [0, 0.1) is 6.92 Å². The molecule has 4 heteroatoms. The van der Waals surface area contributed by atoms with E-state index in [1.54, 1.807) is 12.1 Å². The van der Waals surface area contributed by atoms with Gasteiger partial charge in [-0.2, -0.15) is 0 Å². The molecule has 1 rings (SSSR count). The number of carboxylic acid groups (broad SMARTS) is 1. The van der Waals surface area contributed by atoms with E-state index >= 15 is 0 Å². The van der Waals surface area contributed by atoms with Crippen LogP contribution >= 0.6 is 0 Å². The zero-order chi connectivity index (χ0) is 10.7. The van der Waals surface area contributed by atoms with Crippen LogP contribution in [-0.4, -0.2) is 22.3 Å². The van der Waals surface area contributed by atoms with Gasteiger partial charge in [0, 0.05) is 0 Å². The number of aliphatic carboxylic acids is 1. The zero-order valence-corrected chi connectivity index (χ0v) is 7.84. The van der Waals surface area contributed by atoms with Crippen molar-refractivity contribution in [3.8, 4) is 0 Å². The summed E-state index contributed by atoms with van der Waals surface area (Å²) in [6.45, 7) is 1.92. The summed E-state index contributed by atoms with van der Waals surface area (Å²) in [5.74, 6) is -1.31. The van der Waals surface area contributed by atoms with Crippen molar-refractivity contribution in [1.29, 1.82) is 0 Å². The third-order valence-corrected chi connectivity index (χ3v) is 2.06. The molecule has 14 heavy (non-hydrogen) atoms. The first-order valence-corrected chi connectivity index (χ1v) is 4.25. The van der Waals surface area contributed by atoms with Crippen molar-refractivity contribution in [3.05, 3.63) is 35.4 Å². The first-order valence-electron chi connectivity index (χ1n) is 4.25. The number of aliphatic hydroxyl groups excluding tert-OH is 1. The van der Waals surface area contributed by atoms with Crippen molar-refractivity contribution < 1.29 is 15.0 Å². The maximum atomic E-state index is 10.5. The molecule has 0 aliphatic carbocycles. The molecule has 0 unspecified atom stereocenters. The maximum Gasteiger partial charge on any atom is 0.334 e. The third-order valence-electron chi connectivity index (χ3n) is 2.06. The van der Waals surface area contributed by atoms with Gasteiger partial charge in [0.1, 0.15) is 0 Å². The topological polar surface area (TPSA) is 83.5 Å². The zero-order valence-electron chi connectivity index (χ0n) is 7.84. The SMILES string of the molecule is Cc1ccc([C@H](N)[C@H](O)C(=O)O)cc1. The highest BCUT2D eigenvalue weighted by Gasteiger charge is 2.23. The Labute approximate surface area is 82.0 Å². The summed E-state index contributed by atoms with van der Waals surface area (Å²) in [6, 6.07) is 6.19. The van der Waals surface area contributed by atoms with Crippen LogP contribution in [0.15, 0.2) is 24.3 Å². The van der Waals surface area contributed by atoms with E-state index in [0.29, 0.717) is 5.56 Å². The predicted octanol–water partition coefficient (Wildman–Crippen LogP) is 0.440. The van der Waals surface area contributed by atoms with Gasteiger partial charge >= 0.3 is 5.97 Å². The molecule has 0 aliphatic heterocycles. The van der Waals surface area contributed by atoms with Crippen molar-refractivity contribution in [2.24, 2.45) is 5.73 Å². The van der Waals surface area contributed by atoms with Gasteiger partial charge in [0.15, 0.2) is 6.10 Å². The number of nitrogens with two attached hydrogens (primary N) is 1. The van der Waals surface area contributed by atoms with Crippen LogP contribution in [0.2, 0.25) is 0 Å². The van der Waals surface area contributed by atoms with Gasteiger partial charge in [0.2, 0.25) is 0 Å². The molecule has 4 N–H and O–H groups in total. The summed E-state index contributed by atoms with van der Waals surface area (Å²) >= 11 is 0. The van der Waals surface area contributed by atoms with E-state index in [-0.39, 0.29) is 0 Å². The average Bonchev–Trinajstić information content (AvgIpc) is 2.16. The normalized spacial score (nSPS) is 14.8. The van der Waals surface area contributed by atoms with Gasteiger partial charge in [0.05, 0.1) is 6.04 Å². The second kappa shape index (κ2) is 4.21. The molecule has 0 heterocycles. The second-order valence-corrected chi connectivity index (χ2v) is 3.22. The maximum absolute atomic E-state index is 10.5. The molecule has 0 aliphatic rings. The van der Waals surface area contributed by atoms with E-state index in [1.165, 1.54) is 0 Å². The van der Waals surface area contributed by atoms with Gasteiger partial charge in [-0.25, -0.2) is 4.79 Å². The standard InChI is InChI=1S/C10H13NO3/c1-6-2-4-7(5-3-6)8(11)9(12)10(13)14/h2-5,8-9,12H,11H2,1H3,(H,13,14)/t8-,9-/m0/s1. The van der Waals surface area contributed by atoms with Crippen LogP contribution < -0.4 is 5.73 Å². The number of hydrogen-bond donors (Lipinski definition) is 3. The van der Waals surface area contributed by atoms with Crippen molar-refractivity contribution >= 4 is 5.97 Å². The lowest BCUT2D eigenvalue weighted by Crippen LogP contribution is -2.33. The number of aryl methyl sites for hydroxylation is 1. The Kier molecular flexibility index (Phi) is 3.22. The molecular formula is C10H13NO3. The molecule has 4 nitrogen and oxygen atoms in total. The number of carbonyl (C=O) groups is 1. The van der Waals surface area contributed by atoms with Gasteiger partial charge < -0.3 is 15.9 Å². The molecule has 76 valence electrons. The highest BCUT2D eigenvalue weighted by Crippen LogP contribution is 2.14. The Morgan fingerprint density at radius 2 is 1.86 bits per heavy atom. The minimum absolute atomic E-state index is 0.616. The fraction of sp³-hybridized carbons (Fsp3) is 0.300. The highest BCUT2D eigenvalue weighted by molar-refractivity contribution is 5.73. The molecule has 1 aromatic carbocycles. The summed E-state index contributed by atoms with van der Waals surface area (Å²) in [6.07, 6.45) is -1.56. The fourth-order valence-electron chi connectivity index (χ4n) is 1.12. The van der Waals surface area contributed by atoms with E-state index < -0.39 is 18.1 Å². The molecule has 0 bridgehead atoms. The Balaban J connectivity index is 2.84. The number of rotatable bonds is 3. The molecule has 0 saturated heterocycles. The summed E-state index contributed by atoms with van der Waals surface area (Å²) in [4.78, 5) is 10.5. The van der Waals surface area contributed by atoms with Crippen LogP contribution in [0.4, 0.5) is 0 Å². The minimum Gasteiger partial charge on any atom is -0.479 e. The first-order chi connectivity index (χ1) is 6.52. The smallest absolute Gasteiger partial charge is 0.334 e. The van der Waals surface area contributed by atoms with Crippen LogP contribution in [-0.2, 0) is 4.79 Å². The summed E-state index contributed by atoms with van der Waals surface area (Å²) in [5.41, 5.74) is 7.24. The van der Waals surface area contributed by atoms with E-state index in [0.717, 1.165) is 5.56 Å². The first kappa shape index (κ1) is 10.7. The highest BCUT2D eigenvalue weighted by atomic mass is 16.4. The van der Waals surface area contributed by atoms with Crippen LogP contribution in [0.1, 0.15) is 17.2 Å².